The number of fused-ring (bicyclic) bond motifs is 3. The first-order chi connectivity index (χ1) is 15.3. The number of benzene rings is 2. The van der Waals surface area contributed by atoms with Crippen LogP contribution in [-0.2, 0) is 14.3 Å². The Morgan fingerprint density at radius 1 is 1.12 bits per heavy atom. The summed E-state index contributed by atoms with van der Waals surface area (Å²) in [5.74, 6) is 0.411. The van der Waals surface area contributed by atoms with Crippen molar-refractivity contribution >= 4 is 18.0 Å². The maximum Gasteiger partial charge on any atom is 0.408 e. The van der Waals surface area contributed by atoms with E-state index in [9.17, 15) is 14.4 Å². The molecule has 0 heterocycles. The lowest BCUT2D eigenvalue weighted by Gasteiger charge is -2.32. The van der Waals surface area contributed by atoms with E-state index in [-0.39, 0.29) is 25.5 Å². The molecule has 7 heteroatoms. The number of carboxylic acid groups (broad SMARTS) is 1. The van der Waals surface area contributed by atoms with Crippen LogP contribution in [0.4, 0.5) is 4.79 Å². The first kappa shape index (κ1) is 22.9. The van der Waals surface area contributed by atoms with E-state index in [1.54, 1.807) is 6.92 Å². The van der Waals surface area contributed by atoms with Gasteiger partial charge in [-0.05, 0) is 35.6 Å². The van der Waals surface area contributed by atoms with Gasteiger partial charge in [0, 0.05) is 5.92 Å². The second kappa shape index (κ2) is 9.56. The molecule has 1 unspecified atom stereocenters. The van der Waals surface area contributed by atoms with Gasteiger partial charge in [-0.25, -0.2) is 4.79 Å². The molecule has 2 amide bonds. The second-order valence-electron chi connectivity index (χ2n) is 7.90. The van der Waals surface area contributed by atoms with Gasteiger partial charge >= 0.3 is 12.1 Å². The lowest BCUT2D eigenvalue weighted by molar-refractivity contribution is -0.146. The average Bonchev–Trinajstić information content (AvgIpc) is 3.10. The van der Waals surface area contributed by atoms with Crippen LogP contribution >= 0.6 is 0 Å². The van der Waals surface area contributed by atoms with Gasteiger partial charge in [-0.1, -0.05) is 61.4 Å². The fourth-order valence-electron chi connectivity index (χ4n) is 3.97. The summed E-state index contributed by atoms with van der Waals surface area (Å²) in [5, 5.41) is 11.7. The Morgan fingerprint density at radius 2 is 1.69 bits per heavy atom. The van der Waals surface area contributed by atoms with Gasteiger partial charge in [0.05, 0.1) is 6.54 Å². The molecule has 0 aliphatic heterocycles. The van der Waals surface area contributed by atoms with Crippen molar-refractivity contribution in [1.82, 2.24) is 10.2 Å². The van der Waals surface area contributed by atoms with Gasteiger partial charge in [-0.15, -0.1) is 6.42 Å². The number of alkyl carbamates (subject to hydrolysis) is 1. The van der Waals surface area contributed by atoms with Crippen LogP contribution < -0.4 is 5.32 Å². The summed E-state index contributed by atoms with van der Waals surface area (Å²) in [6.07, 6.45) is 4.76. The lowest BCUT2D eigenvalue weighted by Crippen LogP contribution is -2.58. The standard InChI is InChI=1S/C25H26N2O5/c1-4-14-27(15-22(28)29)23(30)25(3,5-2)26-24(31)32-16-21-19-12-8-6-10-17(19)18-11-7-9-13-20(18)21/h1,6-13,21H,5,14-16H2,2-3H3,(H,26,31)(H,28,29). The van der Waals surface area contributed by atoms with Gasteiger partial charge in [0.2, 0.25) is 5.91 Å². The predicted octanol–water partition coefficient (Wildman–Crippen LogP) is 3.24. The molecular formula is C25H26N2O5. The summed E-state index contributed by atoms with van der Waals surface area (Å²) in [6.45, 7) is 2.63. The Labute approximate surface area is 187 Å². The fraction of sp³-hybridized carbons (Fsp3) is 0.320. The number of aliphatic carboxylic acids is 1. The van der Waals surface area contributed by atoms with E-state index in [0.29, 0.717) is 0 Å². The van der Waals surface area contributed by atoms with E-state index < -0.39 is 30.1 Å². The zero-order valence-corrected chi connectivity index (χ0v) is 18.1. The molecule has 0 saturated heterocycles. The molecule has 0 saturated carbocycles. The van der Waals surface area contributed by atoms with Crippen molar-refractivity contribution in [3.8, 4) is 23.5 Å². The first-order valence-corrected chi connectivity index (χ1v) is 10.4. The number of carboxylic acids is 1. The number of nitrogens with zero attached hydrogens (tertiary/aromatic N) is 1. The monoisotopic (exact) mass is 434 g/mol. The maximum atomic E-state index is 12.9. The minimum absolute atomic E-state index is 0.108. The van der Waals surface area contributed by atoms with Crippen LogP contribution in [0.15, 0.2) is 48.5 Å². The minimum Gasteiger partial charge on any atom is -0.480 e. The normalized spacial score (nSPS) is 13.8. The molecule has 0 aromatic heterocycles. The van der Waals surface area contributed by atoms with Crippen molar-refractivity contribution in [2.75, 3.05) is 19.7 Å². The van der Waals surface area contributed by atoms with Gasteiger partial charge in [0.25, 0.3) is 0 Å². The third kappa shape index (κ3) is 4.59. The SMILES string of the molecule is C#CCN(CC(=O)O)C(=O)C(C)(CC)NC(=O)OCC1c2ccccc2-c2ccccc21. The Morgan fingerprint density at radius 3 is 2.19 bits per heavy atom. The summed E-state index contributed by atoms with van der Waals surface area (Å²) in [4.78, 5) is 37.7. The number of terminal acetylenes is 1. The Kier molecular flexibility index (Phi) is 6.84. The summed E-state index contributed by atoms with van der Waals surface area (Å²) >= 11 is 0. The van der Waals surface area contributed by atoms with Gasteiger partial charge in [0.1, 0.15) is 18.7 Å². The zero-order chi connectivity index (χ0) is 23.3. The van der Waals surface area contributed by atoms with E-state index in [0.717, 1.165) is 27.2 Å². The number of ether oxygens (including phenoxy) is 1. The molecule has 32 heavy (non-hydrogen) atoms. The molecule has 0 radical (unpaired) electrons. The van der Waals surface area contributed by atoms with Crippen molar-refractivity contribution in [1.29, 1.82) is 0 Å². The lowest BCUT2D eigenvalue weighted by atomic mass is 9.96. The Bertz CT molecular complexity index is 1030. The highest BCUT2D eigenvalue weighted by atomic mass is 16.5. The summed E-state index contributed by atoms with van der Waals surface area (Å²) in [7, 11) is 0. The highest BCUT2D eigenvalue weighted by Gasteiger charge is 2.38. The van der Waals surface area contributed by atoms with Crippen molar-refractivity contribution in [3.05, 3.63) is 59.7 Å². The molecule has 3 rings (SSSR count). The topological polar surface area (TPSA) is 95.9 Å². The van der Waals surface area contributed by atoms with Crippen molar-refractivity contribution in [2.24, 2.45) is 0 Å². The third-order valence-corrected chi connectivity index (χ3v) is 5.80. The largest absolute Gasteiger partial charge is 0.480 e. The van der Waals surface area contributed by atoms with Gasteiger partial charge in [-0.3, -0.25) is 9.59 Å². The predicted molar refractivity (Wildman–Crippen MR) is 120 cm³/mol. The van der Waals surface area contributed by atoms with Crippen LogP contribution in [-0.4, -0.2) is 53.2 Å². The van der Waals surface area contributed by atoms with E-state index in [4.69, 9.17) is 16.3 Å². The first-order valence-electron chi connectivity index (χ1n) is 10.4. The molecule has 0 fully saturated rings. The Hall–Kier alpha value is -3.79. The van der Waals surface area contributed by atoms with Crippen molar-refractivity contribution in [3.63, 3.8) is 0 Å². The van der Waals surface area contributed by atoms with Crippen LogP contribution in [0.2, 0.25) is 0 Å². The van der Waals surface area contributed by atoms with Gasteiger partial charge in [-0.2, -0.15) is 0 Å². The van der Waals surface area contributed by atoms with Crippen molar-refractivity contribution < 1.29 is 24.2 Å². The van der Waals surface area contributed by atoms with E-state index in [2.05, 4.69) is 11.2 Å². The van der Waals surface area contributed by atoms with Gasteiger partial charge in [0.15, 0.2) is 0 Å². The highest BCUT2D eigenvalue weighted by Crippen LogP contribution is 2.44. The van der Waals surface area contributed by atoms with Crippen LogP contribution in [0.5, 0.6) is 0 Å². The number of nitrogens with one attached hydrogen (secondary N) is 1. The molecule has 1 aliphatic carbocycles. The van der Waals surface area contributed by atoms with Crippen LogP contribution in [0.25, 0.3) is 11.1 Å². The number of hydrogen-bond acceptors (Lipinski definition) is 4. The highest BCUT2D eigenvalue weighted by molar-refractivity contribution is 5.91. The number of amides is 2. The molecule has 2 N–H and O–H groups in total. The zero-order valence-electron chi connectivity index (χ0n) is 18.1. The van der Waals surface area contributed by atoms with E-state index in [1.165, 1.54) is 6.92 Å². The smallest absolute Gasteiger partial charge is 0.408 e. The molecule has 1 atom stereocenters. The quantitative estimate of drug-likeness (QED) is 0.622. The molecule has 0 bridgehead atoms. The average molecular weight is 434 g/mol. The summed E-state index contributed by atoms with van der Waals surface area (Å²) < 4.78 is 5.53. The fourth-order valence-corrected chi connectivity index (χ4v) is 3.97. The Balaban J connectivity index is 1.71. The van der Waals surface area contributed by atoms with E-state index in [1.807, 2.05) is 48.5 Å². The molecule has 2 aromatic rings. The molecule has 1 aliphatic rings. The molecular weight excluding hydrogens is 408 g/mol. The number of rotatable bonds is 8. The van der Waals surface area contributed by atoms with Crippen LogP contribution in [0.3, 0.4) is 0 Å². The molecule has 0 spiro atoms. The van der Waals surface area contributed by atoms with Crippen LogP contribution in [0.1, 0.15) is 37.3 Å². The molecule has 7 nitrogen and oxygen atoms in total. The molecule has 166 valence electrons. The molecule has 2 aromatic carbocycles. The van der Waals surface area contributed by atoms with Crippen LogP contribution in [0, 0.1) is 12.3 Å². The minimum atomic E-state index is -1.35. The van der Waals surface area contributed by atoms with E-state index >= 15 is 0 Å². The third-order valence-electron chi connectivity index (χ3n) is 5.80. The maximum absolute atomic E-state index is 12.9. The summed E-state index contributed by atoms with van der Waals surface area (Å²) in [6, 6.07) is 16.0. The van der Waals surface area contributed by atoms with Crippen molar-refractivity contribution in [2.45, 2.75) is 31.7 Å². The number of hydrogen-bond donors (Lipinski definition) is 2. The van der Waals surface area contributed by atoms with Gasteiger partial charge < -0.3 is 20.1 Å². The number of carbonyl (C=O) groups is 3. The number of carbonyl (C=O) groups excluding carboxylic acids is 2. The second-order valence-corrected chi connectivity index (χ2v) is 7.90. The summed E-state index contributed by atoms with van der Waals surface area (Å²) in [5.41, 5.74) is 3.04.